The summed E-state index contributed by atoms with van der Waals surface area (Å²) >= 11 is 0. The third-order valence-electron chi connectivity index (χ3n) is 5.50. The Morgan fingerprint density at radius 1 is 1.09 bits per heavy atom. The number of carbonyl (C=O) groups excluding carboxylic acids is 4. The SMILES string of the molecule is COc1ccc(NC(=O)NC(=O)CN2C(=O)NC(C)(c3ccc4c(c3)OCCCO4)C2=O)cc1. The smallest absolute Gasteiger partial charge is 0.325 e. The second-order valence-corrected chi connectivity index (χ2v) is 7.89. The minimum absolute atomic E-state index is 0.433. The molecular weight excluding hydrogens is 444 g/mol. The molecule has 3 N–H and O–H groups in total. The standard InChI is InChI=1S/C23H24N4O7/c1-23(14-4-9-17-18(12-14)34-11-3-10-33-17)20(29)27(22(31)26-23)13-19(28)25-21(30)24-15-5-7-16(32-2)8-6-15/h4-9,12H,3,10-11,13H2,1-2H3,(H,26,31)(H2,24,25,28,30). The fraction of sp³-hybridized carbons (Fsp3) is 0.304. The molecule has 11 nitrogen and oxygen atoms in total. The zero-order valence-electron chi connectivity index (χ0n) is 18.7. The predicted octanol–water partition coefficient (Wildman–Crippen LogP) is 1.97. The first kappa shape index (κ1) is 22.9. The van der Waals surface area contributed by atoms with Crippen molar-refractivity contribution in [3.05, 3.63) is 48.0 Å². The number of amides is 6. The van der Waals surface area contributed by atoms with E-state index in [2.05, 4.69) is 16.0 Å². The molecule has 0 aliphatic carbocycles. The van der Waals surface area contributed by atoms with E-state index in [1.54, 1.807) is 49.4 Å². The van der Waals surface area contributed by atoms with E-state index in [0.717, 1.165) is 11.3 Å². The van der Waals surface area contributed by atoms with Crippen LogP contribution in [0.25, 0.3) is 0 Å². The highest BCUT2D eigenvalue weighted by atomic mass is 16.5. The molecule has 2 heterocycles. The second kappa shape index (κ2) is 9.30. The number of imide groups is 2. The first-order valence-corrected chi connectivity index (χ1v) is 10.6. The van der Waals surface area contributed by atoms with E-state index in [1.165, 1.54) is 7.11 Å². The number of hydrogen-bond donors (Lipinski definition) is 3. The highest BCUT2D eigenvalue weighted by Gasteiger charge is 2.49. The molecule has 0 aromatic heterocycles. The van der Waals surface area contributed by atoms with Gasteiger partial charge in [-0.25, -0.2) is 9.59 Å². The third-order valence-corrected chi connectivity index (χ3v) is 5.50. The van der Waals surface area contributed by atoms with Crippen molar-refractivity contribution >= 4 is 29.6 Å². The number of hydrogen-bond acceptors (Lipinski definition) is 7. The van der Waals surface area contributed by atoms with Crippen LogP contribution in [-0.4, -0.2) is 55.6 Å². The normalized spacial score (nSPS) is 19.2. The van der Waals surface area contributed by atoms with E-state index in [1.807, 2.05) is 0 Å². The maximum Gasteiger partial charge on any atom is 0.325 e. The lowest BCUT2D eigenvalue weighted by Crippen LogP contribution is -2.45. The largest absolute Gasteiger partial charge is 0.497 e. The van der Waals surface area contributed by atoms with Crippen LogP contribution in [-0.2, 0) is 15.1 Å². The van der Waals surface area contributed by atoms with Crippen molar-refractivity contribution in [3.63, 3.8) is 0 Å². The molecule has 11 heteroatoms. The van der Waals surface area contributed by atoms with Gasteiger partial charge >= 0.3 is 12.1 Å². The van der Waals surface area contributed by atoms with E-state index in [4.69, 9.17) is 14.2 Å². The number of benzene rings is 2. The predicted molar refractivity (Wildman–Crippen MR) is 120 cm³/mol. The second-order valence-electron chi connectivity index (χ2n) is 7.89. The van der Waals surface area contributed by atoms with Crippen molar-refractivity contribution in [2.75, 3.05) is 32.2 Å². The van der Waals surface area contributed by atoms with Crippen LogP contribution in [0.2, 0.25) is 0 Å². The Balaban J connectivity index is 1.40. The number of nitrogens with one attached hydrogen (secondary N) is 3. The first-order valence-electron chi connectivity index (χ1n) is 10.6. The van der Waals surface area contributed by atoms with Crippen LogP contribution in [0.3, 0.4) is 0 Å². The lowest BCUT2D eigenvalue weighted by Gasteiger charge is -2.23. The number of fused-ring (bicyclic) bond motifs is 1. The average molecular weight is 468 g/mol. The Bertz CT molecular complexity index is 1130. The molecule has 1 fully saturated rings. The number of urea groups is 2. The van der Waals surface area contributed by atoms with Crippen molar-refractivity contribution in [1.29, 1.82) is 0 Å². The molecule has 1 atom stereocenters. The summed E-state index contributed by atoms with van der Waals surface area (Å²) in [5.41, 5.74) is -0.494. The summed E-state index contributed by atoms with van der Waals surface area (Å²) in [6, 6.07) is 9.93. The molecule has 6 amide bonds. The Morgan fingerprint density at radius 2 is 1.79 bits per heavy atom. The van der Waals surface area contributed by atoms with Gasteiger partial charge in [0.1, 0.15) is 17.8 Å². The summed E-state index contributed by atoms with van der Waals surface area (Å²) < 4.78 is 16.3. The third kappa shape index (κ3) is 4.58. The van der Waals surface area contributed by atoms with E-state index < -0.39 is 36.0 Å². The molecule has 0 bridgehead atoms. The minimum Gasteiger partial charge on any atom is -0.497 e. The monoisotopic (exact) mass is 468 g/mol. The maximum absolute atomic E-state index is 13.1. The van der Waals surface area contributed by atoms with Gasteiger partial charge in [0.2, 0.25) is 5.91 Å². The topological polar surface area (TPSA) is 135 Å². The summed E-state index contributed by atoms with van der Waals surface area (Å²) in [6.45, 7) is 1.91. The van der Waals surface area contributed by atoms with Gasteiger partial charge in [0.25, 0.3) is 5.91 Å². The van der Waals surface area contributed by atoms with E-state index >= 15 is 0 Å². The van der Waals surface area contributed by atoms with Gasteiger partial charge in [-0.2, -0.15) is 0 Å². The lowest BCUT2D eigenvalue weighted by molar-refractivity contribution is -0.134. The van der Waals surface area contributed by atoms with Crippen molar-refractivity contribution in [1.82, 2.24) is 15.5 Å². The van der Waals surface area contributed by atoms with Crippen LogP contribution < -0.4 is 30.2 Å². The first-order chi connectivity index (χ1) is 16.3. The molecule has 1 saturated heterocycles. The number of nitrogens with zero attached hydrogens (tertiary/aromatic N) is 1. The van der Waals surface area contributed by atoms with Gasteiger partial charge in [-0.15, -0.1) is 0 Å². The molecule has 2 aliphatic rings. The summed E-state index contributed by atoms with van der Waals surface area (Å²) in [6.07, 6.45) is 0.728. The molecule has 1 unspecified atom stereocenters. The summed E-state index contributed by atoms with van der Waals surface area (Å²) in [5, 5.41) is 7.23. The van der Waals surface area contributed by atoms with Crippen LogP contribution in [0, 0.1) is 0 Å². The molecule has 0 spiro atoms. The van der Waals surface area contributed by atoms with Gasteiger partial charge in [-0.05, 0) is 48.9 Å². The average Bonchev–Trinajstić information content (AvgIpc) is 2.98. The summed E-state index contributed by atoms with van der Waals surface area (Å²) in [7, 11) is 1.52. The molecule has 0 saturated carbocycles. The number of methoxy groups -OCH3 is 1. The zero-order valence-corrected chi connectivity index (χ0v) is 18.7. The number of rotatable bonds is 5. The molecule has 2 aliphatic heterocycles. The van der Waals surface area contributed by atoms with Gasteiger partial charge in [0, 0.05) is 12.1 Å². The quantitative estimate of drug-likeness (QED) is 0.571. The zero-order chi connectivity index (χ0) is 24.3. The molecule has 4 rings (SSSR count). The van der Waals surface area contributed by atoms with Crippen molar-refractivity contribution in [3.8, 4) is 17.2 Å². The molecule has 2 aromatic rings. The number of ether oxygens (including phenoxy) is 3. The van der Waals surface area contributed by atoms with Gasteiger partial charge in [-0.1, -0.05) is 6.07 Å². The van der Waals surface area contributed by atoms with Crippen LogP contribution in [0.4, 0.5) is 15.3 Å². The van der Waals surface area contributed by atoms with Gasteiger partial charge < -0.3 is 24.8 Å². The van der Waals surface area contributed by atoms with Crippen LogP contribution in [0.5, 0.6) is 17.2 Å². The van der Waals surface area contributed by atoms with Crippen molar-refractivity contribution in [2.45, 2.75) is 18.9 Å². The Hall–Kier alpha value is -4.28. The van der Waals surface area contributed by atoms with E-state index in [0.29, 0.717) is 41.7 Å². The lowest BCUT2D eigenvalue weighted by atomic mass is 9.91. The molecular formula is C23H24N4O7. The number of carbonyl (C=O) groups is 4. The molecule has 178 valence electrons. The number of anilines is 1. The van der Waals surface area contributed by atoms with E-state index in [9.17, 15) is 19.2 Å². The highest BCUT2D eigenvalue weighted by molar-refractivity contribution is 6.10. The fourth-order valence-electron chi connectivity index (χ4n) is 3.66. The van der Waals surface area contributed by atoms with Crippen LogP contribution >= 0.6 is 0 Å². The van der Waals surface area contributed by atoms with Crippen molar-refractivity contribution in [2.24, 2.45) is 0 Å². The Morgan fingerprint density at radius 3 is 2.50 bits per heavy atom. The summed E-state index contributed by atoms with van der Waals surface area (Å²) in [5.74, 6) is 0.192. The summed E-state index contributed by atoms with van der Waals surface area (Å²) in [4.78, 5) is 50.9. The molecule has 34 heavy (non-hydrogen) atoms. The van der Waals surface area contributed by atoms with Crippen LogP contribution in [0.1, 0.15) is 18.9 Å². The van der Waals surface area contributed by atoms with Crippen LogP contribution in [0.15, 0.2) is 42.5 Å². The van der Waals surface area contributed by atoms with Gasteiger partial charge in [0.15, 0.2) is 11.5 Å². The Kier molecular flexibility index (Phi) is 6.26. The van der Waals surface area contributed by atoms with Gasteiger partial charge in [-0.3, -0.25) is 19.8 Å². The Labute approximate surface area is 195 Å². The van der Waals surface area contributed by atoms with Crippen molar-refractivity contribution < 1.29 is 33.4 Å². The highest BCUT2D eigenvalue weighted by Crippen LogP contribution is 2.36. The van der Waals surface area contributed by atoms with Gasteiger partial charge in [0.05, 0.1) is 20.3 Å². The van der Waals surface area contributed by atoms with E-state index in [-0.39, 0.29) is 0 Å². The molecule has 0 radical (unpaired) electrons. The molecule has 2 aromatic carbocycles. The maximum atomic E-state index is 13.1. The minimum atomic E-state index is -1.41. The fourth-order valence-corrected chi connectivity index (χ4v) is 3.66.